The Hall–Kier alpha value is -2.65. The molecule has 1 N–H and O–H groups in total. The average molecular weight is 467 g/mol. The van der Waals surface area contributed by atoms with Crippen molar-refractivity contribution in [1.82, 2.24) is 19.5 Å². The summed E-state index contributed by atoms with van der Waals surface area (Å²) in [4.78, 5) is 16.4. The van der Waals surface area contributed by atoms with Crippen LogP contribution in [0, 0.1) is 12.8 Å². The fraction of sp³-hybridized carbons (Fsp3) is 0.381. The van der Waals surface area contributed by atoms with Gasteiger partial charge in [0.2, 0.25) is 15.9 Å². The molecule has 0 spiro atoms. The van der Waals surface area contributed by atoms with Crippen LogP contribution in [0.1, 0.15) is 43.7 Å². The number of carbonyl (C=O) groups is 1. The van der Waals surface area contributed by atoms with Crippen molar-refractivity contribution in [3.05, 3.63) is 46.7 Å². The van der Waals surface area contributed by atoms with E-state index >= 15 is 0 Å². The maximum absolute atomic E-state index is 12.1. The Balaban J connectivity index is 0.00000166. The van der Waals surface area contributed by atoms with Crippen molar-refractivity contribution in [2.45, 2.75) is 34.6 Å². The molecule has 0 bridgehead atoms. The predicted molar refractivity (Wildman–Crippen MR) is 123 cm³/mol. The number of benzene rings is 1. The number of ether oxygens (including phenoxy) is 1. The molecular formula is C21H27ClN4O4S. The Morgan fingerprint density at radius 2 is 1.94 bits per heavy atom. The minimum Gasteiger partial charge on any atom is -0.476 e. The van der Waals surface area contributed by atoms with Crippen LogP contribution >= 0.6 is 11.6 Å². The van der Waals surface area contributed by atoms with Gasteiger partial charge in [-0.25, -0.2) is 22.8 Å². The van der Waals surface area contributed by atoms with Gasteiger partial charge in [0.1, 0.15) is 5.02 Å². The number of hydrogen-bond donors (Lipinski definition) is 1. The number of sulfonamides is 1. The molecule has 0 aliphatic carbocycles. The Morgan fingerprint density at radius 1 is 1.26 bits per heavy atom. The summed E-state index contributed by atoms with van der Waals surface area (Å²) >= 11 is 6.31. The highest BCUT2D eigenvalue weighted by Crippen LogP contribution is 2.28. The molecule has 168 valence electrons. The summed E-state index contributed by atoms with van der Waals surface area (Å²) in [7, 11) is -3.65. The summed E-state index contributed by atoms with van der Waals surface area (Å²) in [5, 5.41) is 5.59. The SMILES string of the molecule is CC.Cc1nn(-c2cnc(OCC(C)C)c(Cl)c2)c2ccc(C(=O)NS(C)(=O)=O)cc12. The van der Waals surface area contributed by atoms with Gasteiger partial charge in [0.25, 0.3) is 5.91 Å². The molecule has 0 atom stereocenters. The standard InChI is InChI=1S/C19H21ClN4O4S.C2H6/c1-11(2)10-28-19-16(20)8-14(9-21-19)24-17-6-5-13(7-15(17)12(3)22-24)18(25)23-29(4,26)27;1-2/h5-9,11H,10H2,1-4H3,(H,23,25);1-2H3. The highest BCUT2D eigenvalue weighted by Gasteiger charge is 2.16. The Morgan fingerprint density at radius 3 is 2.52 bits per heavy atom. The van der Waals surface area contributed by atoms with Crippen LogP contribution in [0.2, 0.25) is 5.02 Å². The molecule has 2 heterocycles. The maximum atomic E-state index is 12.1. The predicted octanol–water partition coefficient (Wildman–Crippen LogP) is 4.13. The lowest BCUT2D eigenvalue weighted by Crippen LogP contribution is -2.29. The van der Waals surface area contributed by atoms with Crippen LogP contribution < -0.4 is 9.46 Å². The highest BCUT2D eigenvalue weighted by atomic mass is 35.5. The topological polar surface area (TPSA) is 103 Å². The lowest BCUT2D eigenvalue weighted by atomic mass is 10.1. The summed E-state index contributed by atoms with van der Waals surface area (Å²) in [5.74, 6) is 0.00860. The molecule has 1 aromatic carbocycles. The number of carbonyl (C=O) groups excluding carboxylic acids is 1. The van der Waals surface area contributed by atoms with Gasteiger partial charge in [-0.05, 0) is 37.1 Å². The zero-order valence-electron chi connectivity index (χ0n) is 18.4. The third-order valence-corrected chi connectivity index (χ3v) is 4.82. The van der Waals surface area contributed by atoms with E-state index in [-0.39, 0.29) is 5.56 Å². The van der Waals surface area contributed by atoms with E-state index in [0.717, 1.165) is 11.8 Å². The first-order valence-corrected chi connectivity index (χ1v) is 12.1. The Bertz CT molecular complexity index is 1190. The second-order valence-corrected chi connectivity index (χ2v) is 9.27. The zero-order chi connectivity index (χ0) is 23.3. The molecule has 8 nitrogen and oxygen atoms in total. The van der Waals surface area contributed by atoms with Crippen molar-refractivity contribution >= 4 is 38.4 Å². The quantitative estimate of drug-likeness (QED) is 0.585. The van der Waals surface area contributed by atoms with Crippen molar-refractivity contribution in [3.8, 4) is 11.6 Å². The highest BCUT2D eigenvalue weighted by molar-refractivity contribution is 7.89. The summed E-state index contributed by atoms with van der Waals surface area (Å²) in [6, 6.07) is 6.55. The van der Waals surface area contributed by atoms with Gasteiger partial charge in [-0.1, -0.05) is 39.3 Å². The van der Waals surface area contributed by atoms with Crippen LogP contribution in [0.25, 0.3) is 16.6 Å². The van der Waals surface area contributed by atoms with E-state index in [1.165, 1.54) is 6.07 Å². The smallest absolute Gasteiger partial charge is 0.264 e. The second-order valence-electron chi connectivity index (χ2n) is 7.12. The third-order valence-electron chi connectivity index (χ3n) is 4.00. The van der Waals surface area contributed by atoms with Gasteiger partial charge in [-0.2, -0.15) is 5.10 Å². The van der Waals surface area contributed by atoms with Crippen LogP contribution in [0.4, 0.5) is 0 Å². The lowest BCUT2D eigenvalue weighted by molar-refractivity contribution is 0.0982. The monoisotopic (exact) mass is 466 g/mol. The number of hydrogen-bond acceptors (Lipinski definition) is 6. The molecule has 0 aliphatic heterocycles. The molecule has 1 amide bonds. The first kappa shape index (κ1) is 24.6. The normalized spacial score (nSPS) is 11.2. The van der Waals surface area contributed by atoms with Gasteiger partial charge >= 0.3 is 0 Å². The van der Waals surface area contributed by atoms with E-state index in [4.69, 9.17) is 16.3 Å². The van der Waals surface area contributed by atoms with Crippen molar-refractivity contribution in [2.24, 2.45) is 5.92 Å². The number of rotatable bonds is 6. The number of aryl methyl sites for hydroxylation is 1. The van der Waals surface area contributed by atoms with Gasteiger partial charge in [0.05, 0.1) is 36.0 Å². The van der Waals surface area contributed by atoms with Crippen molar-refractivity contribution in [2.75, 3.05) is 12.9 Å². The number of pyridine rings is 1. The summed E-state index contributed by atoms with van der Waals surface area (Å²) in [6.07, 6.45) is 2.54. The molecule has 3 rings (SSSR count). The first-order chi connectivity index (χ1) is 14.5. The van der Waals surface area contributed by atoms with E-state index in [1.54, 1.807) is 36.0 Å². The number of halogens is 1. The number of fused-ring (bicyclic) bond motifs is 1. The molecule has 0 aliphatic rings. The molecule has 0 fully saturated rings. The van der Waals surface area contributed by atoms with Crippen molar-refractivity contribution in [1.29, 1.82) is 0 Å². The number of nitrogens with one attached hydrogen (secondary N) is 1. The number of aromatic nitrogens is 3. The molecule has 0 saturated carbocycles. The summed E-state index contributed by atoms with van der Waals surface area (Å²) in [6.45, 7) is 10.4. The Labute approximate surface area is 187 Å². The second kappa shape index (κ2) is 10.1. The molecule has 31 heavy (non-hydrogen) atoms. The van der Waals surface area contributed by atoms with Crippen LogP contribution in [-0.2, 0) is 10.0 Å². The van der Waals surface area contributed by atoms with Gasteiger partial charge in [-0.3, -0.25) is 4.79 Å². The lowest BCUT2D eigenvalue weighted by Gasteiger charge is -2.10. The first-order valence-electron chi connectivity index (χ1n) is 9.85. The maximum Gasteiger partial charge on any atom is 0.264 e. The molecule has 0 unspecified atom stereocenters. The number of nitrogens with zero attached hydrogens (tertiary/aromatic N) is 3. The molecular weight excluding hydrogens is 440 g/mol. The van der Waals surface area contributed by atoms with Crippen LogP contribution in [-0.4, -0.2) is 42.0 Å². The van der Waals surface area contributed by atoms with Gasteiger partial charge in [0.15, 0.2) is 0 Å². The minimum absolute atomic E-state index is 0.221. The van der Waals surface area contributed by atoms with E-state index in [2.05, 4.69) is 10.1 Å². The van der Waals surface area contributed by atoms with Gasteiger partial charge in [-0.15, -0.1) is 0 Å². The fourth-order valence-electron chi connectivity index (χ4n) is 2.72. The van der Waals surface area contributed by atoms with Crippen molar-refractivity contribution < 1.29 is 17.9 Å². The number of amides is 1. The van der Waals surface area contributed by atoms with E-state index in [1.807, 2.05) is 32.4 Å². The van der Waals surface area contributed by atoms with E-state index < -0.39 is 15.9 Å². The average Bonchev–Trinajstić information content (AvgIpc) is 3.03. The van der Waals surface area contributed by atoms with Crippen LogP contribution in [0.15, 0.2) is 30.5 Å². The van der Waals surface area contributed by atoms with Crippen LogP contribution in [0.5, 0.6) is 5.88 Å². The van der Waals surface area contributed by atoms with Gasteiger partial charge in [0, 0.05) is 10.9 Å². The summed E-state index contributed by atoms with van der Waals surface area (Å²) < 4.78 is 31.8. The minimum atomic E-state index is -3.65. The Kier molecular flexibility index (Phi) is 8.02. The van der Waals surface area contributed by atoms with E-state index in [0.29, 0.717) is 40.2 Å². The molecule has 3 aromatic rings. The molecule has 0 saturated heterocycles. The summed E-state index contributed by atoms with van der Waals surface area (Å²) in [5.41, 5.74) is 2.26. The molecule has 10 heteroatoms. The van der Waals surface area contributed by atoms with Crippen molar-refractivity contribution in [3.63, 3.8) is 0 Å². The zero-order valence-corrected chi connectivity index (χ0v) is 20.0. The molecule has 0 radical (unpaired) electrons. The fourth-order valence-corrected chi connectivity index (χ4v) is 3.39. The van der Waals surface area contributed by atoms with Crippen LogP contribution in [0.3, 0.4) is 0 Å². The molecule has 2 aromatic heterocycles. The third kappa shape index (κ3) is 6.18. The van der Waals surface area contributed by atoms with Gasteiger partial charge < -0.3 is 4.74 Å². The largest absolute Gasteiger partial charge is 0.476 e. The van der Waals surface area contributed by atoms with E-state index in [9.17, 15) is 13.2 Å².